The normalized spacial score (nSPS) is 21.2. The number of hydrogen-bond acceptors (Lipinski definition) is 26. The van der Waals surface area contributed by atoms with Gasteiger partial charge in [0.1, 0.15) is 30.4 Å². The third-order valence-electron chi connectivity index (χ3n) is 16.1. The summed E-state index contributed by atoms with van der Waals surface area (Å²) in [5, 5.41) is 104. The van der Waals surface area contributed by atoms with Crippen molar-refractivity contribution in [1.29, 1.82) is 0 Å². The number of aliphatic hydroxyl groups is 6. The number of Topliss-reactive ketones (excluding diaryl/α,β-unsaturated/α-hetero) is 1. The van der Waals surface area contributed by atoms with Gasteiger partial charge in [-0.2, -0.15) is 23.5 Å². The number of thioether (sulfide) groups is 2. The van der Waals surface area contributed by atoms with Gasteiger partial charge in [0.25, 0.3) is 17.7 Å². The Labute approximate surface area is 697 Å². The molecule has 2 unspecified atom stereocenters. The third-order valence-corrected chi connectivity index (χ3v) is 18.4. The van der Waals surface area contributed by atoms with Crippen molar-refractivity contribution < 1.29 is 237 Å². The van der Waals surface area contributed by atoms with E-state index in [1.807, 2.05) is 66.9 Å². The summed E-state index contributed by atoms with van der Waals surface area (Å²) in [6, 6.07) is 33.0. The zero-order valence-corrected chi connectivity index (χ0v) is 67.9. The number of rotatable bonds is 37. The zero-order chi connectivity index (χ0) is 71.1. The molecule has 0 saturated carbocycles. The van der Waals surface area contributed by atoms with Crippen molar-refractivity contribution >= 4 is 83.4 Å². The Balaban J connectivity index is 0.00000901. The molecule has 542 valence electrons. The summed E-state index contributed by atoms with van der Waals surface area (Å²) in [7, 11) is 0. The molecule has 2 aliphatic heterocycles. The van der Waals surface area contributed by atoms with Crippen molar-refractivity contribution in [2.75, 3.05) is 49.3 Å². The van der Waals surface area contributed by atoms with Gasteiger partial charge in [-0.05, 0) is 95.2 Å². The van der Waals surface area contributed by atoms with Crippen molar-refractivity contribution in [3.8, 4) is 22.3 Å². The molecule has 35 heteroatoms. The Kier molecular flexibility index (Phi) is 45.3. The van der Waals surface area contributed by atoms with Crippen LogP contribution in [0.1, 0.15) is 87.4 Å². The number of benzene rings is 5. The Morgan fingerprint density at radius 1 is 0.558 bits per heavy atom. The van der Waals surface area contributed by atoms with Gasteiger partial charge in [0.2, 0.25) is 17.6 Å². The van der Waals surface area contributed by atoms with Gasteiger partial charge in [0.15, 0.2) is 5.78 Å². The van der Waals surface area contributed by atoms with Crippen molar-refractivity contribution in [2.45, 2.75) is 124 Å². The molecule has 2 heterocycles. The minimum atomic E-state index is -2.69. The fraction of sp³-hybridized carbons (Fsp3) is 0.420. The fourth-order valence-corrected chi connectivity index (χ4v) is 12.8. The van der Waals surface area contributed by atoms with Crippen LogP contribution in [-0.4, -0.2) is 229 Å². The number of nitrogens with one attached hydrogen (secondary N) is 5. The molecule has 2 saturated heterocycles. The van der Waals surface area contributed by atoms with E-state index in [4.69, 9.17) is 18.9 Å². The standard InChI is InChI=1S/C69H79N5O22S2.4Na.2H2O/c1-40(77)72-57-53(80)32-68(39-76,95-61(57)59(84)55(82)34-70-63(86)48-21-15-45(16-22-48)43-11-5-3-6-12-43)93-27-9-30-98-38-51(66(89)90)74-65(88)50-25-19-47(20-26-50)52(79)31-42(36-75)37-97-29-10-28-94-69(67(91)92)33-54(81)58(73-41(2)78)62(96-69)60(85)56(83)35-71-64(87)49-23-17-46(18-24-49)44-13-7-4-8-14-44;;;;;;/h3-8,11-26,42,51,53-62,80-85H,9-10,27-35,37-38H2,1-2H3,(H,70,86)(H,71,87)(H,72,77)(H,73,78)(H,74,88)(H,89,90)(H,91,92);;;;;2*1H2/q-2;4*+1;;/p-4/t42?,51?,53-,54-,55+,56+,57+,58+,59+,60+,61+,62+,68+,69+;;;;;;/m0....../s1. The maximum Gasteiger partial charge on any atom is 1.00 e. The third kappa shape index (κ3) is 28.6. The second kappa shape index (κ2) is 48.2. The van der Waals surface area contributed by atoms with Gasteiger partial charge in [-0.1, -0.05) is 97.1 Å². The number of carbonyl (C=O) groups is 8. The number of ether oxygens (including phenoxy) is 4. The number of amides is 5. The summed E-state index contributed by atoms with van der Waals surface area (Å²) in [6.45, 7) is 0.589. The summed E-state index contributed by atoms with van der Waals surface area (Å²) in [5.74, 6) is -13.0. The van der Waals surface area contributed by atoms with Crippen LogP contribution in [0.4, 0.5) is 0 Å². The summed E-state index contributed by atoms with van der Waals surface area (Å²) in [5.41, 5.74) is 4.14. The molecule has 2 aliphatic rings. The molecule has 29 nitrogen and oxygen atoms in total. The van der Waals surface area contributed by atoms with Crippen LogP contribution in [0, 0.1) is 5.92 Å². The van der Waals surface area contributed by atoms with E-state index in [1.54, 1.807) is 54.8 Å². The van der Waals surface area contributed by atoms with Gasteiger partial charge in [-0.25, -0.2) is 6.29 Å². The van der Waals surface area contributed by atoms with Crippen LogP contribution in [-0.2, 0) is 47.7 Å². The summed E-state index contributed by atoms with van der Waals surface area (Å²) in [4.78, 5) is 126. The number of carbonyl (C=O) groups excluding carboxylic acids is 10. The Hall–Kier alpha value is -4.38. The molecule has 5 aromatic rings. The zero-order valence-electron chi connectivity index (χ0n) is 58.2. The van der Waals surface area contributed by atoms with E-state index in [0.29, 0.717) is 0 Å². The quantitative estimate of drug-likeness (QED) is 0.00761. The van der Waals surface area contributed by atoms with Crippen LogP contribution in [0.25, 0.3) is 22.3 Å². The van der Waals surface area contributed by atoms with E-state index < -0.39 is 158 Å². The summed E-state index contributed by atoms with van der Waals surface area (Å²) < 4.78 is 23.0. The van der Waals surface area contributed by atoms with Crippen LogP contribution < -0.4 is 155 Å². The summed E-state index contributed by atoms with van der Waals surface area (Å²) >= 11 is 2.26. The predicted molar refractivity (Wildman–Crippen MR) is 355 cm³/mol. The average molecular weight is 1520 g/mol. The monoisotopic (exact) mass is 1520 g/mol. The minimum absolute atomic E-state index is 0. The molecule has 5 aromatic carbocycles. The second-order valence-electron chi connectivity index (χ2n) is 23.4. The Bertz CT molecular complexity index is 3540. The van der Waals surface area contributed by atoms with E-state index in [2.05, 4.69) is 26.6 Å². The molecule has 5 amide bonds. The fourth-order valence-electron chi connectivity index (χ4n) is 10.9. The molecule has 0 bridgehead atoms. The molecule has 104 heavy (non-hydrogen) atoms. The van der Waals surface area contributed by atoms with Crippen LogP contribution in [0.5, 0.6) is 0 Å². The van der Waals surface area contributed by atoms with Crippen molar-refractivity contribution in [3.05, 3.63) is 156 Å². The maximum atomic E-state index is 13.3. The van der Waals surface area contributed by atoms with Crippen LogP contribution >= 0.6 is 23.5 Å². The van der Waals surface area contributed by atoms with Crippen LogP contribution in [0.15, 0.2) is 133 Å². The van der Waals surface area contributed by atoms with E-state index in [-0.39, 0.29) is 207 Å². The number of carboxylic acids is 2. The maximum absolute atomic E-state index is 13.3. The molecular weight excluding hydrogens is 1440 g/mol. The van der Waals surface area contributed by atoms with Gasteiger partial charge < -0.3 is 117 Å². The van der Waals surface area contributed by atoms with E-state index in [1.165, 1.54) is 36.0 Å². The molecule has 13 N–H and O–H groups in total. The number of aliphatic hydroxyl groups excluding tert-OH is 6. The van der Waals surface area contributed by atoms with Gasteiger partial charge in [-0.3, -0.25) is 35.1 Å². The molecule has 0 aliphatic carbocycles. The summed E-state index contributed by atoms with van der Waals surface area (Å²) in [6.07, 6.45) is -12.2. The van der Waals surface area contributed by atoms with Gasteiger partial charge in [0, 0.05) is 74.4 Å². The molecule has 0 radical (unpaired) electrons. The first-order chi connectivity index (χ1) is 46.9. The molecule has 14 atom stereocenters. The van der Waals surface area contributed by atoms with E-state index in [0.717, 1.165) is 47.9 Å². The number of hydrogen-bond donors (Lipinski definition) is 11. The Morgan fingerprint density at radius 3 is 1.39 bits per heavy atom. The first kappa shape index (κ1) is 97.6. The molecule has 0 aromatic heterocycles. The van der Waals surface area contributed by atoms with Gasteiger partial charge in [0.05, 0.1) is 60.9 Å². The first-order valence-corrected chi connectivity index (χ1v) is 33.6. The number of aliphatic carboxylic acids is 2. The topological polar surface area (TPSA) is 495 Å². The predicted octanol–water partition coefficient (Wildman–Crippen LogP) is -13.0. The van der Waals surface area contributed by atoms with E-state index >= 15 is 0 Å². The van der Waals surface area contributed by atoms with Gasteiger partial charge in [-0.15, -0.1) is 5.92 Å². The molecule has 2 fully saturated rings. The molecule has 7 rings (SSSR count). The van der Waals surface area contributed by atoms with Crippen molar-refractivity contribution in [2.24, 2.45) is 5.92 Å². The van der Waals surface area contributed by atoms with Crippen molar-refractivity contribution in [1.82, 2.24) is 26.6 Å². The second-order valence-corrected chi connectivity index (χ2v) is 25.7. The number of ketones is 1. The van der Waals surface area contributed by atoms with E-state index in [9.17, 15) is 88.8 Å². The first-order valence-electron chi connectivity index (χ1n) is 31.3. The average Bonchev–Trinajstić information content (AvgIpc) is 0.728. The smallest absolute Gasteiger partial charge is 0.870 e. The van der Waals surface area contributed by atoms with Crippen LogP contribution in [0.2, 0.25) is 0 Å². The largest absolute Gasteiger partial charge is 1.00 e. The molecular formula is C69H79N5Na4O24S2-2. The Morgan fingerprint density at radius 2 is 0.962 bits per heavy atom. The SMILES string of the molecule is CC(=O)N[C@H]1[C@H]([C@H](O)[C@H](O)CNC(=O)c2ccc(-c3ccccc3)cc2)O[C@]([C-]=O)(OCCCSCC(NC(=O)c2ccc(C(=O)CC([C-]=O)CSCCCO[C@]3(C(=O)[O-])C[C@H](O)[C@@H](NC(C)=O)[C@H]([C@H](O)[C@H](O)CNC(=O)c4ccc(-c5ccccc5)cc4)O3)cc2)C(=O)[O-])C[C@@H]1O.[Na+].[Na+].[Na+].[Na+].[OH-].[OH-]. The van der Waals surface area contributed by atoms with Crippen LogP contribution in [0.3, 0.4) is 0 Å². The van der Waals surface area contributed by atoms with Crippen molar-refractivity contribution in [3.63, 3.8) is 0 Å². The minimum Gasteiger partial charge on any atom is -0.870 e. The van der Waals surface area contributed by atoms with Gasteiger partial charge >= 0.3 is 118 Å². The number of carboxylic acid groups (broad SMARTS) is 2. The molecule has 0 spiro atoms.